The maximum absolute atomic E-state index is 10.4. The number of hydrogen-bond donors (Lipinski definition) is 3. The van der Waals surface area contributed by atoms with Crippen molar-refractivity contribution in [1.29, 1.82) is 0 Å². The molecule has 1 rings (SSSR count). The average molecular weight is 242 g/mol. The zero-order valence-electron chi connectivity index (χ0n) is 10.9. The topological polar surface area (TPSA) is 61.4 Å². The van der Waals surface area contributed by atoms with Gasteiger partial charge in [0.05, 0.1) is 6.54 Å². The lowest BCUT2D eigenvalue weighted by molar-refractivity contribution is -0.136. The molecule has 0 unspecified atom stereocenters. The highest BCUT2D eigenvalue weighted by molar-refractivity contribution is 5.69. The first-order valence-electron chi connectivity index (χ1n) is 6.91. The quantitative estimate of drug-likeness (QED) is 0.568. The third-order valence-corrected chi connectivity index (χ3v) is 3.48. The standard InChI is InChI=1S/C13H26N2O2/c1-2-3-4-9-14-11-5-7-12(8-6-11)15-10-13(16)17/h11-12,14-15H,2-10H2,1H3,(H,16,17). The van der Waals surface area contributed by atoms with Gasteiger partial charge in [0.15, 0.2) is 0 Å². The number of carbonyl (C=O) groups is 1. The molecule has 0 radical (unpaired) electrons. The second-order valence-corrected chi connectivity index (χ2v) is 4.98. The number of carboxylic acids is 1. The molecule has 1 aliphatic rings. The number of unbranched alkanes of at least 4 members (excludes halogenated alkanes) is 2. The second-order valence-electron chi connectivity index (χ2n) is 4.98. The SMILES string of the molecule is CCCCCNC1CCC(NCC(=O)O)CC1. The van der Waals surface area contributed by atoms with Gasteiger partial charge in [0.2, 0.25) is 0 Å². The molecule has 3 N–H and O–H groups in total. The summed E-state index contributed by atoms with van der Waals surface area (Å²) in [6.45, 7) is 3.45. The van der Waals surface area contributed by atoms with Crippen molar-refractivity contribution < 1.29 is 9.90 Å². The largest absolute Gasteiger partial charge is 0.480 e. The van der Waals surface area contributed by atoms with Gasteiger partial charge < -0.3 is 15.7 Å². The second kappa shape index (κ2) is 8.48. The van der Waals surface area contributed by atoms with Crippen molar-refractivity contribution in [2.24, 2.45) is 0 Å². The highest BCUT2D eigenvalue weighted by Gasteiger charge is 2.20. The Kier molecular flexibility index (Phi) is 7.21. The zero-order chi connectivity index (χ0) is 12.5. The van der Waals surface area contributed by atoms with E-state index in [-0.39, 0.29) is 6.54 Å². The molecule has 1 aliphatic carbocycles. The first-order chi connectivity index (χ1) is 8.22. The Balaban J connectivity index is 2.03. The third kappa shape index (κ3) is 6.64. The zero-order valence-corrected chi connectivity index (χ0v) is 10.9. The van der Waals surface area contributed by atoms with E-state index in [1.807, 2.05) is 0 Å². The van der Waals surface area contributed by atoms with Gasteiger partial charge in [-0.05, 0) is 38.6 Å². The minimum absolute atomic E-state index is 0.0965. The molecule has 0 bridgehead atoms. The Morgan fingerprint density at radius 1 is 1.12 bits per heavy atom. The minimum Gasteiger partial charge on any atom is -0.480 e. The van der Waals surface area contributed by atoms with Crippen molar-refractivity contribution in [2.75, 3.05) is 13.1 Å². The number of nitrogens with one attached hydrogen (secondary N) is 2. The first kappa shape index (κ1) is 14.5. The van der Waals surface area contributed by atoms with E-state index in [1.165, 1.54) is 32.1 Å². The summed E-state index contributed by atoms with van der Waals surface area (Å²) in [4.78, 5) is 10.4. The van der Waals surface area contributed by atoms with Crippen LogP contribution in [0.2, 0.25) is 0 Å². The summed E-state index contributed by atoms with van der Waals surface area (Å²) in [5, 5.41) is 15.3. The Bertz CT molecular complexity index is 213. The molecule has 17 heavy (non-hydrogen) atoms. The van der Waals surface area contributed by atoms with E-state index in [0.29, 0.717) is 12.1 Å². The molecule has 1 saturated carbocycles. The van der Waals surface area contributed by atoms with Crippen LogP contribution >= 0.6 is 0 Å². The number of aliphatic carboxylic acids is 1. The van der Waals surface area contributed by atoms with Crippen LogP contribution in [0.5, 0.6) is 0 Å². The van der Waals surface area contributed by atoms with Gasteiger partial charge in [-0.3, -0.25) is 4.79 Å². The number of rotatable bonds is 8. The van der Waals surface area contributed by atoms with Crippen LogP contribution in [-0.4, -0.2) is 36.2 Å². The Hall–Kier alpha value is -0.610. The monoisotopic (exact) mass is 242 g/mol. The van der Waals surface area contributed by atoms with Crippen molar-refractivity contribution in [3.8, 4) is 0 Å². The molecule has 0 atom stereocenters. The lowest BCUT2D eigenvalue weighted by Gasteiger charge is -2.29. The molecule has 0 saturated heterocycles. The number of hydrogen-bond acceptors (Lipinski definition) is 3. The molecular formula is C13H26N2O2. The summed E-state index contributed by atoms with van der Waals surface area (Å²) in [7, 11) is 0. The van der Waals surface area contributed by atoms with Crippen LogP contribution in [0.1, 0.15) is 51.9 Å². The lowest BCUT2D eigenvalue weighted by Crippen LogP contribution is -2.41. The summed E-state index contributed by atoms with van der Waals surface area (Å²) in [6.07, 6.45) is 8.38. The van der Waals surface area contributed by atoms with E-state index in [0.717, 1.165) is 19.4 Å². The summed E-state index contributed by atoms with van der Waals surface area (Å²) < 4.78 is 0. The molecule has 100 valence electrons. The summed E-state index contributed by atoms with van der Waals surface area (Å²) in [5.74, 6) is -0.759. The molecule has 1 fully saturated rings. The van der Waals surface area contributed by atoms with Gasteiger partial charge >= 0.3 is 5.97 Å². The average Bonchev–Trinajstić information content (AvgIpc) is 2.33. The van der Waals surface area contributed by atoms with Gasteiger partial charge in [-0.2, -0.15) is 0 Å². The van der Waals surface area contributed by atoms with Crippen LogP contribution in [0.4, 0.5) is 0 Å². The maximum Gasteiger partial charge on any atom is 0.317 e. The van der Waals surface area contributed by atoms with Crippen LogP contribution in [0.15, 0.2) is 0 Å². The molecule has 4 heteroatoms. The van der Waals surface area contributed by atoms with E-state index in [2.05, 4.69) is 17.6 Å². The van der Waals surface area contributed by atoms with Gasteiger partial charge in [-0.15, -0.1) is 0 Å². The van der Waals surface area contributed by atoms with Gasteiger partial charge in [0.1, 0.15) is 0 Å². The van der Waals surface area contributed by atoms with Gasteiger partial charge in [-0.25, -0.2) is 0 Å². The molecule has 0 spiro atoms. The summed E-state index contributed by atoms with van der Waals surface area (Å²) >= 11 is 0. The Labute approximate surface area is 104 Å². The molecule has 0 amide bonds. The van der Waals surface area contributed by atoms with Gasteiger partial charge in [-0.1, -0.05) is 19.8 Å². The molecule has 0 aromatic rings. The molecule has 0 aliphatic heterocycles. The highest BCUT2D eigenvalue weighted by atomic mass is 16.4. The number of carboxylic acid groups (broad SMARTS) is 1. The predicted octanol–water partition coefficient (Wildman–Crippen LogP) is 1.75. The van der Waals surface area contributed by atoms with E-state index < -0.39 is 5.97 Å². The Morgan fingerprint density at radius 3 is 2.24 bits per heavy atom. The van der Waals surface area contributed by atoms with E-state index in [4.69, 9.17) is 5.11 Å². The fourth-order valence-electron chi connectivity index (χ4n) is 2.41. The molecule has 0 aromatic heterocycles. The Morgan fingerprint density at radius 2 is 1.71 bits per heavy atom. The van der Waals surface area contributed by atoms with Crippen LogP contribution in [-0.2, 0) is 4.79 Å². The third-order valence-electron chi connectivity index (χ3n) is 3.48. The molecular weight excluding hydrogens is 216 g/mol. The van der Waals surface area contributed by atoms with Crippen molar-refractivity contribution in [3.63, 3.8) is 0 Å². The van der Waals surface area contributed by atoms with E-state index >= 15 is 0 Å². The van der Waals surface area contributed by atoms with Crippen molar-refractivity contribution in [1.82, 2.24) is 10.6 Å². The fourth-order valence-corrected chi connectivity index (χ4v) is 2.41. The predicted molar refractivity (Wildman–Crippen MR) is 69.2 cm³/mol. The summed E-state index contributed by atoms with van der Waals surface area (Å²) in [6, 6.07) is 1.05. The van der Waals surface area contributed by atoms with Crippen LogP contribution in [0.3, 0.4) is 0 Å². The van der Waals surface area contributed by atoms with Crippen LogP contribution in [0.25, 0.3) is 0 Å². The van der Waals surface area contributed by atoms with Gasteiger partial charge in [0, 0.05) is 12.1 Å². The first-order valence-corrected chi connectivity index (χ1v) is 6.91. The summed E-state index contributed by atoms with van der Waals surface area (Å²) in [5.41, 5.74) is 0. The maximum atomic E-state index is 10.4. The highest BCUT2D eigenvalue weighted by Crippen LogP contribution is 2.18. The molecule has 0 heterocycles. The normalized spacial score (nSPS) is 24.8. The lowest BCUT2D eigenvalue weighted by atomic mass is 9.91. The van der Waals surface area contributed by atoms with Crippen molar-refractivity contribution in [3.05, 3.63) is 0 Å². The fraction of sp³-hybridized carbons (Fsp3) is 0.923. The van der Waals surface area contributed by atoms with Gasteiger partial charge in [0.25, 0.3) is 0 Å². The van der Waals surface area contributed by atoms with Crippen molar-refractivity contribution in [2.45, 2.75) is 64.0 Å². The molecule has 0 aromatic carbocycles. The van der Waals surface area contributed by atoms with Crippen LogP contribution in [0, 0.1) is 0 Å². The van der Waals surface area contributed by atoms with E-state index in [1.54, 1.807) is 0 Å². The van der Waals surface area contributed by atoms with E-state index in [9.17, 15) is 4.79 Å². The smallest absolute Gasteiger partial charge is 0.317 e. The molecule has 4 nitrogen and oxygen atoms in total. The van der Waals surface area contributed by atoms with Crippen LogP contribution < -0.4 is 10.6 Å². The van der Waals surface area contributed by atoms with Crippen molar-refractivity contribution >= 4 is 5.97 Å². The minimum atomic E-state index is -0.759.